The van der Waals surface area contributed by atoms with Gasteiger partial charge in [0, 0.05) is 24.3 Å². The maximum atomic E-state index is 11.6. The van der Waals surface area contributed by atoms with Gasteiger partial charge in [-0.2, -0.15) is 0 Å². The van der Waals surface area contributed by atoms with Gasteiger partial charge in [-0.1, -0.05) is 30.3 Å². The van der Waals surface area contributed by atoms with E-state index in [1.165, 1.54) is 0 Å². The third kappa shape index (κ3) is 3.72. The zero-order valence-corrected chi connectivity index (χ0v) is 12.0. The third-order valence-electron chi connectivity index (χ3n) is 3.45. The van der Waals surface area contributed by atoms with Gasteiger partial charge in [0.15, 0.2) is 11.7 Å². The minimum Gasteiger partial charge on any atom is -0.441 e. The van der Waals surface area contributed by atoms with Gasteiger partial charge in [-0.25, -0.2) is 4.98 Å². The van der Waals surface area contributed by atoms with Crippen molar-refractivity contribution < 1.29 is 14.0 Å². The Hall–Kier alpha value is -2.63. The van der Waals surface area contributed by atoms with Gasteiger partial charge in [-0.05, 0) is 12.8 Å². The Kier molecular flexibility index (Phi) is 4.18. The lowest BCUT2D eigenvalue weighted by molar-refractivity contribution is -0.129. The van der Waals surface area contributed by atoms with Gasteiger partial charge in [0.05, 0.1) is 6.20 Å². The number of benzene rings is 1. The van der Waals surface area contributed by atoms with Crippen molar-refractivity contribution >= 4 is 11.8 Å². The molecule has 1 fully saturated rings. The zero-order valence-electron chi connectivity index (χ0n) is 12.0. The van der Waals surface area contributed by atoms with E-state index >= 15 is 0 Å². The molecule has 0 bridgehead atoms. The summed E-state index contributed by atoms with van der Waals surface area (Å²) in [6, 6.07) is 9.65. The fourth-order valence-electron chi connectivity index (χ4n) is 2.02. The molecule has 3 rings (SSSR count). The summed E-state index contributed by atoms with van der Waals surface area (Å²) in [5.41, 5.74) is 5.77. The first-order chi connectivity index (χ1) is 10.7. The van der Waals surface area contributed by atoms with Crippen LogP contribution in [0.5, 0.6) is 0 Å². The third-order valence-corrected chi connectivity index (χ3v) is 3.45. The molecule has 2 aromatic rings. The molecule has 0 atom stereocenters. The Morgan fingerprint density at radius 1 is 1.18 bits per heavy atom. The number of aryl methyl sites for hydroxylation is 1. The molecule has 2 N–H and O–H groups in total. The standard InChI is InChI=1S/C16H17N3O3/c20-14(18-19-16(21)12-6-7-12)8-9-15-17-10-13(22-15)11-4-2-1-3-5-11/h1-5,10,12H,6-9H2,(H,18,20)(H,19,21). The summed E-state index contributed by atoms with van der Waals surface area (Å²) >= 11 is 0. The van der Waals surface area contributed by atoms with Crippen LogP contribution in [-0.4, -0.2) is 16.8 Å². The summed E-state index contributed by atoms with van der Waals surface area (Å²) < 4.78 is 5.62. The SMILES string of the molecule is O=C(CCc1ncc(-c2ccccc2)o1)NNC(=O)C1CC1. The Morgan fingerprint density at radius 3 is 2.68 bits per heavy atom. The highest BCUT2D eigenvalue weighted by molar-refractivity contribution is 5.84. The smallest absolute Gasteiger partial charge is 0.241 e. The molecule has 0 aliphatic heterocycles. The molecule has 1 aromatic heterocycles. The van der Waals surface area contributed by atoms with Gasteiger partial charge in [0.2, 0.25) is 11.8 Å². The molecule has 0 unspecified atom stereocenters. The number of rotatable bonds is 5. The van der Waals surface area contributed by atoms with Crippen molar-refractivity contribution in [2.24, 2.45) is 5.92 Å². The molecule has 1 aliphatic rings. The van der Waals surface area contributed by atoms with E-state index in [0.717, 1.165) is 18.4 Å². The summed E-state index contributed by atoms with van der Waals surface area (Å²) in [6.07, 6.45) is 4.05. The molecule has 0 radical (unpaired) electrons. The molecule has 6 heteroatoms. The van der Waals surface area contributed by atoms with E-state index < -0.39 is 0 Å². The average molecular weight is 299 g/mol. The monoisotopic (exact) mass is 299 g/mol. The normalized spacial score (nSPS) is 13.6. The minimum atomic E-state index is -0.256. The molecule has 0 spiro atoms. The Labute approximate surface area is 127 Å². The molecule has 1 saturated carbocycles. The van der Waals surface area contributed by atoms with E-state index in [4.69, 9.17) is 4.42 Å². The second-order valence-electron chi connectivity index (χ2n) is 5.30. The molecule has 0 saturated heterocycles. The van der Waals surface area contributed by atoms with Crippen LogP contribution < -0.4 is 10.9 Å². The number of carbonyl (C=O) groups excluding carboxylic acids is 2. The second-order valence-corrected chi connectivity index (χ2v) is 5.30. The molecule has 1 aliphatic carbocycles. The Morgan fingerprint density at radius 2 is 1.95 bits per heavy atom. The van der Waals surface area contributed by atoms with Crippen LogP contribution in [0.15, 0.2) is 40.9 Å². The number of oxazole rings is 1. The molecule has 114 valence electrons. The summed E-state index contributed by atoms with van der Waals surface area (Å²) in [5.74, 6) is 0.880. The second kappa shape index (κ2) is 6.43. The molecular formula is C16H17N3O3. The topological polar surface area (TPSA) is 84.2 Å². The van der Waals surface area contributed by atoms with Crippen molar-refractivity contribution in [2.45, 2.75) is 25.7 Å². The van der Waals surface area contributed by atoms with Gasteiger partial charge in [0.25, 0.3) is 0 Å². The molecule has 2 amide bonds. The first-order valence-electron chi connectivity index (χ1n) is 7.31. The number of hydrazine groups is 1. The highest BCUT2D eigenvalue weighted by Crippen LogP contribution is 2.28. The Balaban J connectivity index is 1.46. The number of hydrogen-bond acceptors (Lipinski definition) is 4. The summed E-state index contributed by atoms with van der Waals surface area (Å²) in [7, 11) is 0. The summed E-state index contributed by atoms with van der Waals surface area (Å²) in [5, 5.41) is 0. The number of hydrogen-bond donors (Lipinski definition) is 2. The van der Waals surface area contributed by atoms with Crippen molar-refractivity contribution in [1.29, 1.82) is 0 Å². The minimum absolute atomic E-state index is 0.0699. The molecule has 1 aromatic carbocycles. The molecule has 6 nitrogen and oxygen atoms in total. The quantitative estimate of drug-likeness (QED) is 0.825. The molecule has 22 heavy (non-hydrogen) atoms. The van der Waals surface area contributed by atoms with Crippen LogP contribution in [0.2, 0.25) is 0 Å². The van der Waals surface area contributed by atoms with E-state index in [0.29, 0.717) is 18.1 Å². The van der Waals surface area contributed by atoms with E-state index in [9.17, 15) is 9.59 Å². The average Bonchev–Trinajstić information content (AvgIpc) is 3.30. The number of nitrogens with zero attached hydrogens (tertiary/aromatic N) is 1. The van der Waals surface area contributed by atoms with Crippen molar-refractivity contribution in [3.8, 4) is 11.3 Å². The predicted octanol–water partition coefficient (Wildman–Crippen LogP) is 1.83. The van der Waals surface area contributed by atoms with E-state index in [2.05, 4.69) is 15.8 Å². The molecular weight excluding hydrogens is 282 g/mol. The number of amides is 2. The highest BCUT2D eigenvalue weighted by Gasteiger charge is 2.29. The van der Waals surface area contributed by atoms with Crippen molar-refractivity contribution in [2.75, 3.05) is 0 Å². The van der Waals surface area contributed by atoms with Gasteiger partial charge in [-0.15, -0.1) is 0 Å². The van der Waals surface area contributed by atoms with Crippen molar-refractivity contribution in [1.82, 2.24) is 15.8 Å². The largest absolute Gasteiger partial charge is 0.441 e. The predicted molar refractivity (Wildman–Crippen MR) is 79.3 cm³/mol. The van der Waals surface area contributed by atoms with Crippen LogP contribution >= 0.6 is 0 Å². The maximum Gasteiger partial charge on any atom is 0.241 e. The van der Waals surface area contributed by atoms with E-state index in [1.54, 1.807) is 6.20 Å². The summed E-state index contributed by atoms with van der Waals surface area (Å²) in [4.78, 5) is 27.2. The van der Waals surface area contributed by atoms with Crippen LogP contribution in [0.1, 0.15) is 25.2 Å². The van der Waals surface area contributed by atoms with Crippen molar-refractivity contribution in [3.63, 3.8) is 0 Å². The summed E-state index contributed by atoms with van der Waals surface area (Å²) in [6.45, 7) is 0. The van der Waals surface area contributed by atoms with Crippen LogP contribution in [0.3, 0.4) is 0 Å². The number of nitrogens with one attached hydrogen (secondary N) is 2. The van der Waals surface area contributed by atoms with Gasteiger partial charge < -0.3 is 4.42 Å². The first-order valence-corrected chi connectivity index (χ1v) is 7.31. The van der Waals surface area contributed by atoms with E-state index in [-0.39, 0.29) is 24.2 Å². The van der Waals surface area contributed by atoms with Crippen molar-refractivity contribution in [3.05, 3.63) is 42.4 Å². The Bertz CT molecular complexity index is 662. The molecule has 1 heterocycles. The fraction of sp³-hybridized carbons (Fsp3) is 0.312. The lowest BCUT2D eigenvalue weighted by Crippen LogP contribution is -2.42. The van der Waals surface area contributed by atoms with Gasteiger partial charge in [0.1, 0.15) is 0 Å². The number of aromatic nitrogens is 1. The van der Waals surface area contributed by atoms with Gasteiger partial charge >= 0.3 is 0 Å². The van der Waals surface area contributed by atoms with Crippen LogP contribution in [0.25, 0.3) is 11.3 Å². The van der Waals surface area contributed by atoms with Crippen LogP contribution in [-0.2, 0) is 16.0 Å². The van der Waals surface area contributed by atoms with Crippen LogP contribution in [0.4, 0.5) is 0 Å². The number of carbonyl (C=O) groups is 2. The first kappa shape index (κ1) is 14.3. The van der Waals surface area contributed by atoms with Gasteiger partial charge in [-0.3, -0.25) is 20.4 Å². The lowest BCUT2D eigenvalue weighted by atomic mass is 10.2. The highest BCUT2D eigenvalue weighted by atomic mass is 16.4. The lowest BCUT2D eigenvalue weighted by Gasteiger charge is -2.05. The maximum absolute atomic E-state index is 11.6. The fourth-order valence-corrected chi connectivity index (χ4v) is 2.02. The van der Waals surface area contributed by atoms with Crippen LogP contribution in [0, 0.1) is 5.92 Å². The zero-order chi connectivity index (χ0) is 15.4. The van der Waals surface area contributed by atoms with E-state index in [1.807, 2.05) is 30.3 Å².